The highest BCUT2D eigenvalue weighted by atomic mass is 32.1. The minimum absolute atomic E-state index is 0.0308. The number of furan rings is 1. The maximum absolute atomic E-state index is 12.4. The van der Waals surface area contributed by atoms with Crippen LogP contribution in [0.15, 0.2) is 64.6 Å². The van der Waals surface area contributed by atoms with Gasteiger partial charge in [0.15, 0.2) is 11.2 Å². The van der Waals surface area contributed by atoms with Crippen molar-refractivity contribution in [1.29, 1.82) is 0 Å². The first kappa shape index (κ1) is 19.8. The van der Waals surface area contributed by atoms with Crippen LogP contribution in [0.2, 0.25) is 0 Å². The molecule has 30 heavy (non-hydrogen) atoms. The van der Waals surface area contributed by atoms with Crippen molar-refractivity contribution in [2.24, 2.45) is 0 Å². The average Bonchev–Trinajstić information content (AvgIpc) is 3.35. The molecule has 0 saturated heterocycles. The fourth-order valence-corrected chi connectivity index (χ4v) is 3.78. The van der Waals surface area contributed by atoms with E-state index < -0.39 is 18.0 Å². The van der Waals surface area contributed by atoms with E-state index in [4.69, 9.17) is 9.15 Å². The van der Waals surface area contributed by atoms with Gasteiger partial charge in [-0.2, -0.15) is 0 Å². The number of aromatic nitrogens is 1. The molecule has 1 atom stereocenters. The minimum Gasteiger partial charge on any atom is -0.464 e. The van der Waals surface area contributed by atoms with Crippen molar-refractivity contribution in [3.05, 3.63) is 71.3 Å². The van der Waals surface area contributed by atoms with Crippen molar-refractivity contribution in [2.45, 2.75) is 26.4 Å². The summed E-state index contributed by atoms with van der Waals surface area (Å²) in [6, 6.07) is 15.5. The summed E-state index contributed by atoms with van der Waals surface area (Å²) in [5.41, 5.74) is 4.28. The maximum Gasteiger partial charge on any atom is 0.311 e. The lowest BCUT2D eigenvalue weighted by atomic mass is 10.1. The van der Waals surface area contributed by atoms with Crippen molar-refractivity contribution in [3.8, 4) is 11.3 Å². The molecular formula is C23H20N2O4S. The molecule has 1 N–H and O–H groups in total. The lowest BCUT2D eigenvalue weighted by Gasteiger charge is -2.12. The fraction of sp³-hybridized carbons (Fsp3) is 0.174. The number of carbonyl (C=O) groups excluding carboxylic acids is 2. The number of benzene rings is 2. The standard InChI is InChI=1S/C23H20N2O4S/c1-14-8-9-18-17(12-28-20(18)10-14)11-21(26)29-15(2)22(27)25-23-24-19(13-30-23)16-6-4-3-5-7-16/h3-10,12-13,15H,11H2,1-2H3,(H,24,25,27)/t15-/m1/s1. The highest BCUT2D eigenvalue weighted by molar-refractivity contribution is 7.14. The van der Waals surface area contributed by atoms with Gasteiger partial charge >= 0.3 is 5.97 Å². The molecule has 152 valence electrons. The molecule has 0 unspecified atom stereocenters. The Balaban J connectivity index is 1.35. The number of nitrogens with one attached hydrogen (secondary N) is 1. The fourth-order valence-electron chi connectivity index (χ4n) is 3.05. The number of hydrogen-bond acceptors (Lipinski definition) is 6. The van der Waals surface area contributed by atoms with Crippen LogP contribution in [-0.4, -0.2) is 23.0 Å². The number of hydrogen-bond donors (Lipinski definition) is 1. The molecule has 0 aliphatic rings. The predicted molar refractivity (Wildman–Crippen MR) is 116 cm³/mol. The van der Waals surface area contributed by atoms with Crippen molar-refractivity contribution in [2.75, 3.05) is 5.32 Å². The highest BCUT2D eigenvalue weighted by Crippen LogP contribution is 2.25. The van der Waals surface area contributed by atoms with Gasteiger partial charge in [-0.05, 0) is 25.5 Å². The van der Waals surface area contributed by atoms with E-state index in [-0.39, 0.29) is 6.42 Å². The Hall–Kier alpha value is -3.45. The molecule has 7 heteroatoms. The smallest absolute Gasteiger partial charge is 0.311 e. The van der Waals surface area contributed by atoms with Crippen LogP contribution in [0.4, 0.5) is 5.13 Å². The Morgan fingerprint density at radius 1 is 1.20 bits per heavy atom. The van der Waals surface area contributed by atoms with Gasteiger partial charge in [0.25, 0.3) is 5.91 Å². The number of thiazole rings is 1. The van der Waals surface area contributed by atoms with Crippen LogP contribution in [0.25, 0.3) is 22.2 Å². The van der Waals surface area contributed by atoms with Crippen molar-refractivity contribution in [1.82, 2.24) is 4.98 Å². The number of amides is 1. The largest absolute Gasteiger partial charge is 0.464 e. The molecule has 0 bridgehead atoms. The van der Waals surface area contributed by atoms with Gasteiger partial charge in [-0.3, -0.25) is 14.9 Å². The van der Waals surface area contributed by atoms with Crippen LogP contribution in [0, 0.1) is 6.92 Å². The number of esters is 1. The van der Waals surface area contributed by atoms with Crippen LogP contribution in [0.3, 0.4) is 0 Å². The Morgan fingerprint density at radius 3 is 2.80 bits per heavy atom. The van der Waals surface area contributed by atoms with E-state index in [1.54, 1.807) is 6.26 Å². The number of rotatable bonds is 6. The molecule has 2 aromatic carbocycles. The molecule has 0 radical (unpaired) electrons. The first-order valence-corrected chi connectivity index (χ1v) is 10.4. The zero-order valence-corrected chi connectivity index (χ0v) is 17.4. The molecule has 2 aromatic heterocycles. The lowest BCUT2D eigenvalue weighted by molar-refractivity contribution is -0.152. The summed E-state index contributed by atoms with van der Waals surface area (Å²) >= 11 is 1.32. The number of fused-ring (bicyclic) bond motifs is 1. The van der Waals surface area contributed by atoms with Gasteiger partial charge in [-0.1, -0.05) is 42.5 Å². The molecule has 0 spiro atoms. The summed E-state index contributed by atoms with van der Waals surface area (Å²) in [5.74, 6) is -0.921. The zero-order valence-electron chi connectivity index (χ0n) is 16.5. The highest BCUT2D eigenvalue weighted by Gasteiger charge is 2.20. The van der Waals surface area contributed by atoms with Crippen LogP contribution >= 0.6 is 11.3 Å². The Labute approximate surface area is 177 Å². The topological polar surface area (TPSA) is 81.4 Å². The molecule has 6 nitrogen and oxygen atoms in total. The van der Waals surface area contributed by atoms with E-state index in [0.717, 1.165) is 33.4 Å². The predicted octanol–water partition coefficient (Wildman–Crippen LogP) is 4.98. The summed E-state index contributed by atoms with van der Waals surface area (Å²) in [7, 11) is 0. The number of anilines is 1. The van der Waals surface area contributed by atoms with Gasteiger partial charge in [0.1, 0.15) is 5.58 Å². The van der Waals surface area contributed by atoms with Crippen LogP contribution in [0.5, 0.6) is 0 Å². The molecule has 0 aliphatic heterocycles. The van der Waals surface area contributed by atoms with Gasteiger partial charge in [0.05, 0.1) is 18.4 Å². The Kier molecular flexibility index (Phi) is 5.63. The average molecular weight is 420 g/mol. The van der Waals surface area contributed by atoms with E-state index in [2.05, 4.69) is 10.3 Å². The van der Waals surface area contributed by atoms with E-state index in [1.165, 1.54) is 18.3 Å². The summed E-state index contributed by atoms with van der Waals surface area (Å²) in [4.78, 5) is 29.1. The third kappa shape index (κ3) is 4.41. The number of aryl methyl sites for hydroxylation is 1. The van der Waals surface area contributed by atoms with Gasteiger partial charge < -0.3 is 9.15 Å². The van der Waals surface area contributed by atoms with E-state index >= 15 is 0 Å². The Morgan fingerprint density at radius 2 is 2.00 bits per heavy atom. The summed E-state index contributed by atoms with van der Waals surface area (Å²) < 4.78 is 10.8. The van der Waals surface area contributed by atoms with Gasteiger partial charge in [-0.25, -0.2) is 4.98 Å². The third-order valence-corrected chi connectivity index (χ3v) is 5.39. The number of carbonyl (C=O) groups is 2. The van der Waals surface area contributed by atoms with Gasteiger partial charge in [0.2, 0.25) is 0 Å². The second-order valence-corrected chi connectivity index (χ2v) is 7.82. The quantitative estimate of drug-likeness (QED) is 0.445. The lowest BCUT2D eigenvalue weighted by Crippen LogP contribution is -2.30. The van der Waals surface area contributed by atoms with E-state index in [1.807, 2.05) is 60.8 Å². The SMILES string of the molecule is Cc1ccc2c(CC(=O)O[C@H](C)C(=O)Nc3nc(-c4ccccc4)cs3)coc2c1. The monoisotopic (exact) mass is 420 g/mol. The normalized spacial score (nSPS) is 11.9. The molecule has 4 rings (SSSR count). The molecule has 0 fully saturated rings. The summed E-state index contributed by atoms with van der Waals surface area (Å²) in [5, 5.41) is 5.90. The molecule has 4 aromatic rings. The van der Waals surface area contributed by atoms with Gasteiger partial charge in [0, 0.05) is 21.9 Å². The molecule has 0 saturated carbocycles. The number of nitrogens with zero attached hydrogens (tertiary/aromatic N) is 1. The van der Waals surface area contributed by atoms with Crippen molar-refractivity contribution in [3.63, 3.8) is 0 Å². The first-order chi connectivity index (χ1) is 14.5. The second kappa shape index (κ2) is 8.51. The minimum atomic E-state index is -0.943. The van der Waals surface area contributed by atoms with Crippen LogP contribution in [0.1, 0.15) is 18.1 Å². The Bertz CT molecular complexity index is 1200. The molecule has 2 heterocycles. The molecule has 0 aliphatic carbocycles. The van der Waals surface area contributed by atoms with Crippen molar-refractivity contribution >= 4 is 39.3 Å². The summed E-state index contributed by atoms with van der Waals surface area (Å²) in [6.45, 7) is 3.51. The third-order valence-electron chi connectivity index (χ3n) is 4.63. The van der Waals surface area contributed by atoms with Crippen molar-refractivity contribution < 1.29 is 18.7 Å². The first-order valence-electron chi connectivity index (χ1n) is 9.47. The van der Waals surface area contributed by atoms with Crippen LogP contribution < -0.4 is 5.32 Å². The zero-order chi connectivity index (χ0) is 21.1. The molecule has 1 amide bonds. The van der Waals surface area contributed by atoms with E-state index in [9.17, 15) is 9.59 Å². The van der Waals surface area contributed by atoms with Crippen LogP contribution in [-0.2, 0) is 20.7 Å². The van der Waals surface area contributed by atoms with Gasteiger partial charge in [-0.15, -0.1) is 11.3 Å². The summed E-state index contributed by atoms with van der Waals surface area (Å²) in [6.07, 6.45) is 0.641. The maximum atomic E-state index is 12.4. The molecular weight excluding hydrogens is 400 g/mol. The second-order valence-electron chi connectivity index (χ2n) is 6.96. The van der Waals surface area contributed by atoms with E-state index in [0.29, 0.717) is 5.13 Å². The number of ether oxygens (including phenoxy) is 1.